The number of aromatic nitrogens is 2. The fourth-order valence-corrected chi connectivity index (χ4v) is 2.45. The highest BCUT2D eigenvalue weighted by molar-refractivity contribution is 5.31. The maximum Gasteiger partial charge on any atom is 0.228 e. The largest absolute Gasteiger partial charge is 0.339 e. The maximum absolute atomic E-state index is 6.08. The number of nitrogens with two attached hydrogens (primary N) is 1. The summed E-state index contributed by atoms with van der Waals surface area (Å²) in [6.45, 7) is 8.56. The summed E-state index contributed by atoms with van der Waals surface area (Å²) in [5.74, 6) is 1.95. The van der Waals surface area contributed by atoms with Crippen molar-refractivity contribution in [2.24, 2.45) is 11.7 Å². The topological polar surface area (TPSA) is 64.9 Å². The van der Waals surface area contributed by atoms with Gasteiger partial charge in [0.05, 0.1) is 0 Å². The van der Waals surface area contributed by atoms with Crippen LogP contribution in [-0.2, 0) is 12.8 Å². The molecule has 0 bridgehead atoms. The van der Waals surface area contributed by atoms with Crippen molar-refractivity contribution in [1.82, 2.24) is 10.1 Å². The van der Waals surface area contributed by atoms with E-state index >= 15 is 0 Å². The smallest absolute Gasteiger partial charge is 0.228 e. The minimum atomic E-state index is 0.0833. The quantitative estimate of drug-likeness (QED) is 0.886. The van der Waals surface area contributed by atoms with Gasteiger partial charge in [-0.1, -0.05) is 37.2 Å². The molecule has 0 aliphatic carbocycles. The Balaban J connectivity index is 1.98. The molecule has 0 amide bonds. The third kappa shape index (κ3) is 4.67. The summed E-state index contributed by atoms with van der Waals surface area (Å²) in [6, 6.07) is 6.50. The summed E-state index contributed by atoms with van der Waals surface area (Å²) < 4.78 is 5.30. The first kappa shape index (κ1) is 15.7. The molecule has 2 N–H and O–H groups in total. The third-order valence-electron chi connectivity index (χ3n) is 3.65. The van der Waals surface area contributed by atoms with E-state index < -0.39 is 0 Å². The summed E-state index contributed by atoms with van der Waals surface area (Å²) in [5.41, 5.74) is 9.87. The van der Waals surface area contributed by atoms with E-state index in [4.69, 9.17) is 10.3 Å². The van der Waals surface area contributed by atoms with Crippen LogP contribution in [0.2, 0.25) is 0 Å². The van der Waals surface area contributed by atoms with Gasteiger partial charge in [0.1, 0.15) is 0 Å². The Bertz CT molecular complexity index is 589. The van der Waals surface area contributed by atoms with Gasteiger partial charge in [-0.3, -0.25) is 0 Å². The van der Waals surface area contributed by atoms with Gasteiger partial charge in [0, 0.05) is 18.9 Å². The highest BCUT2D eigenvalue weighted by atomic mass is 16.5. The summed E-state index contributed by atoms with van der Waals surface area (Å²) in [6.07, 6.45) is 2.32. The van der Waals surface area contributed by atoms with Crippen molar-refractivity contribution in [3.63, 3.8) is 0 Å². The monoisotopic (exact) mass is 287 g/mol. The molecule has 0 fully saturated rings. The molecule has 4 heteroatoms. The third-order valence-corrected chi connectivity index (χ3v) is 3.65. The molecule has 21 heavy (non-hydrogen) atoms. The minimum absolute atomic E-state index is 0.0833. The Kier molecular flexibility index (Phi) is 5.12. The van der Waals surface area contributed by atoms with Crippen LogP contribution in [0.15, 0.2) is 22.7 Å². The second-order valence-corrected chi connectivity index (χ2v) is 6.29. The molecule has 0 spiro atoms. The molecule has 1 aromatic carbocycles. The van der Waals surface area contributed by atoms with Gasteiger partial charge in [0.25, 0.3) is 0 Å². The lowest BCUT2D eigenvalue weighted by Gasteiger charge is -2.10. The SMILES string of the molecule is Cc1ccc(Cc2noc(CC(N)CC(C)C)n2)cc1C. The van der Waals surface area contributed by atoms with E-state index in [-0.39, 0.29) is 6.04 Å². The zero-order valence-corrected chi connectivity index (χ0v) is 13.4. The number of aryl methyl sites for hydroxylation is 2. The Hall–Kier alpha value is -1.68. The molecule has 4 nitrogen and oxygen atoms in total. The van der Waals surface area contributed by atoms with Gasteiger partial charge in [-0.05, 0) is 42.9 Å². The molecule has 1 heterocycles. The van der Waals surface area contributed by atoms with E-state index in [9.17, 15) is 0 Å². The second-order valence-electron chi connectivity index (χ2n) is 6.29. The molecule has 0 aliphatic heterocycles. The molecule has 2 aromatic rings. The van der Waals surface area contributed by atoms with E-state index in [0.29, 0.717) is 24.7 Å². The summed E-state index contributed by atoms with van der Waals surface area (Å²) in [5, 5.41) is 4.05. The highest BCUT2D eigenvalue weighted by Gasteiger charge is 2.13. The van der Waals surface area contributed by atoms with Crippen molar-refractivity contribution < 1.29 is 4.52 Å². The fraction of sp³-hybridized carbons (Fsp3) is 0.529. The van der Waals surface area contributed by atoms with Crippen molar-refractivity contribution >= 4 is 0 Å². The van der Waals surface area contributed by atoms with Gasteiger partial charge in [0.2, 0.25) is 5.89 Å². The fourth-order valence-electron chi connectivity index (χ4n) is 2.45. The van der Waals surface area contributed by atoms with Crippen LogP contribution in [-0.4, -0.2) is 16.2 Å². The molecular weight excluding hydrogens is 262 g/mol. The van der Waals surface area contributed by atoms with Crippen LogP contribution in [0, 0.1) is 19.8 Å². The Morgan fingerprint density at radius 2 is 1.95 bits per heavy atom. The number of benzene rings is 1. The molecule has 0 saturated heterocycles. The van der Waals surface area contributed by atoms with Crippen LogP contribution in [0.3, 0.4) is 0 Å². The van der Waals surface area contributed by atoms with Crippen molar-refractivity contribution in [1.29, 1.82) is 0 Å². The molecular formula is C17H25N3O. The standard InChI is InChI=1S/C17H25N3O/c1-11(2)7-15(18)10-17-19-16(20-21-17)9-14-6-5-12(3)13(4)8-14/h5-6,8,11,15H,7,9-10,18H2,1-4H3. The van der Waals surface area contributed by atoms with E-state index in [1.54, 1.807) is 0 Å². The van der Waals surface area contributed by atoms with Gasteiger partial charge in [-0.2, -0.15) is 4.98 Å². The molecule has 1 aromatic heterocycles. The number of rotatable bonds is 6. The molecule has 1 unspecified atom stereocenters. The average Bonchev–Trinajstić information content (AvgIpc) is 2.80. The second kappa shape index (κ2) is 6.85. The predicted molar refractivity (Wildman–Crippen MR) is 84.2 cm³/mol. The lowest BCUT2D eigenvalue weighted by atomic mass is 10.0. The van der Waals surface area contributed by atoms with Crippen LogP contribution in [0.25, 0.3) is 0 Å². The summed E-state index contributed by atoms with van der Waals surface area (Å²) in [4.78, 5) is 4.45. The average molecular weight is 287 g/mol. The maximum atomic E-state index is 6.08. The summed E-state index contributed by atoms with van der Waals surface area (Å²) in [7, 11) is 0. The number of hydrogen-bond acceptors (Lipinski definition) is 4. The normalized spacial score (nSPS) is 12.9. The lowest BCUT2D eigenvalue weighted by Crippen LogP contribution is -2.24. The first-order valence-corrected chi connectivity index (χ1v) is 7.57. The molecule has 0 saturated carbocycles. The number of hydrogen-bond donors (Lipinski definition) is 1. The van der Waals surface area contributed by atoms with Crippen LogP contribution >= 0.6 is 0 Å². The Morgan fingerprint density at radius 3 is 2.62 bits per heavy atom. The van der Waals surface area contributed by atoms with Gasteiger partial charge in [0.15, 0.2) is 5.82 Å². The van der Waals surface area contributed by atoms with Gasteiger partial charge in [-0.15, -0.1) is 0 Å². The lowest BCUT2D eigenvalue weighted by molar-refractivity contribution is 0.355. The molecule has 0 radical (unpaired) electrons. The summed E-state index contributed by atoms with van der Waals surface area (Å²) >= 11 is 0. The van der Waals surface area contributed by atoms with Crippen LogP contribution in [0.1, 0.15) is 48.7 Å². The van der Waals surface area contributed by atoms with E-state index in [1.807, 2.05) is 0 Å². The van der Waals surface area contributed by atoms with E-state index in [0.717, 1.165) is 12.2 Å². The molecule has 1 atom stereocenters. The van der Waals surface area contributed by atoms with Crippen LogP contribution < -0.4 is 5.73 Å². The van der Waals surface area contributed by atoms with E-state index in [2.05, 4.69) is 56.0 Å². The van der Waals surface area contributed by atoms with Crippen LogP contribution in [0.4, 0.5) is 0 Å². The van der Waals surface area contributed by atoms with Crippen molar-refractivity contribution in [3.05, 3.63) is 46.6 Å². The zero-order chi connectivity index (χ0) is 15.4. The van der Waals surface area contributed by atoms with Crippen molar-refractivity contribution in [3.8, 4) is 0 Å². The van der Waals surface area contributed by atoms with Crippen molar-refractivity contribution in [2.45, 2.75) is 53.0 Å². The van der Waals surface area contributed by atoms with Gasteiger partial charge in [-0.25, -0.2) is 0 Å². The number of nitrogens with zero attached hydrogens (tertiary/aromatic N) is 2. The first-order valence-electron chi connectivity index (χ1n) is 7.57. The van der Waals surface area contributed by atoms with E-state index in [1.165, 1.54) is 16.7 Å². The molecule has 2 rings (SSSR count). The van der Waals surface area contributed by atoms with Gasteiger partial charge < -0.3 is 10.3 Å². The zero-order valence-electron chi connectivity index (χ0n) is 13.4. The minimum Gasteiger partial charge on any atom is -0.339 e. The Labute approximate surface area is 126 Å². The van der Waals surface area contributed by atoms with Crippen molar-refractivity contribution in [2.75, 3.05) is 0 Å². The Morgan fingerprint density at radius 1 is 1.19 bits per heavy atom. The highest BCUT2D eigenvalue weighted by Crippen LogP contribution is 2.14. The van der Waals surface area contributed by atoms with Crippen LogP contribution in [0.5, 0.6) is 0 Å². The molecule has 114 valence electrons. The molecule has 0 aliphatic rings. The van der Waals surface area contributed by atoms with Gasteiger partial charge >= 0.3 is 0 Å². The first-order chi connectivity index (χ1) is 9.94. The predicted octanol–water partition coefficient (Wildman–Crippen LogP) is 3.19.